The largest absolute Gasteiger partial charge is 0.389 e. The van der Waals surface area contributed by atoms with Crippen LogP contribution in [0.5, 0.6) is 0 Å². The van der Waals surface area contributed by atoms with E-state index in [0.29, 0.717) is 10.7 Å². The minimum atomic E-state index is -0.167. The molecule has 108 valence electrons. The SMILES string of the molecule is CC[C@H](C(=O)Nc1cccc(C(N)=S)c1)c1ccccc1. The molecule has 2 rings (SSSR count). The molecule has 0 saturated heterocycles. The standard InChI is InChI=1S/C17H18N2OS/c1-2-15(12-7-4-3-5-8-12)17(20)19-14-10-6-9-13(11-14)16(18)21/h3-11,15H,2H2,1H3,(H2,18,21)(H,19,20)/t15-/m0/s1. The molecule has 3 nitrogen and oxygen atoms in total. The van der Waals surface area contributed by atoms with Crippen LogP contribution < -0.4 is 11.1 Å². The van der Waals surface area contributed by atoms with Gasteiger partial charge in [-0.2, -0.15) is 0 Å². The fourth-order valence-electron chi connectivity index (χ4n) is 2.24. The van der Waals surface area contributed by atoms with Crippen LogP contribution in [0.1, 0.15) is 30.4 Å². The lowest BCUT2D eigenvalue weighted by atomic mass is 9.95. The van der Waals surface area contributed by atoms with E-state index in [0.717, 1.165) is 17.5 Å². The molecule has 0 aliphatic rings. The summed E-state index contributed by atoms with van der Waals surface area (Å²) in [7, 11) is 0. The van der Waals surface area contributed by atoms with Crippen molar-refractivity contribution in [1.82, 2.24) is 0 Å². The molecule has 0 unspecified atom stereocenters. The van der Waals surface area contributed by atoms with E-state index in [9.17, 15) is 4.79 Å². The Morgan fingerprint density at radius 3 is 2.52 bits per heavy atom. The van der Waals surface area contributed by atoms with Gasteiger partial charge in [0.25, 0.3) is 0 Å². The second-order valence-corrected chi connectivity index (χ2v) is 5.25. The molecule has 0 heterocycles. The first-order valence-electron chi connectivity index (χ1n) is 6.87. The smallest absolute Gasteiger partial charge is 0.231 e. The van der Waals surface area contributed by atoms with Gasteiger partial charge in [-0.15, -0.1) is 0 Å². The van der Waals surface area contributed by atoms with E-state index in [-0.39, 0.29) is 11.8 Å². The van der Waals surface area contributed by atoms with E-state index in [1.54, 1.807) is 6.07 Å². The molecule has 0 radical (unpaired) electrons. The van der Waals surface area contributed by atoms with Crippen LogP contribution in [-0.2, 0) is 4.79 Å². The Balaban J connectivity index is 2.16. The molecule has 21 heavy (non-hydrogen) atoms. The quantitative estimate of drug-likeness (QED) is 0.831. The molecular weight excluding hydrogens is 280 g/mol. The first-order chi connectivity index (χ1) is 10.1. The van der Waals surface area contributed by atoms with Crippen LogP contribution in [0.4, 0.5) is 5.69 Å². The Labute approximate surface area is 130 Å². The average molecular weight is 298 g/mol. The number of benzene rings is 2. The van der Waals surface area contributed by atoms with Gasteiger partial charge < -0.3 is 11.1 Å². The van der Waals surface area contributed by atoms with Crippen molar-refractivity contribution in [2.75, 3.05) is 5.32 Å². The lowest BCUT2D eigenvalue weighted by Crippen LogP contribution is -2.21. The number of hydrogen-bond donors (Lipinski definition) is 2. The van der Waals surface area contributed by atoms with Crippen LogP contribution >= 0.6 is 12.2 Å². The molecule has 2 aromatic rings. The molecule has 0 fully saturated rings. The number of thiocarbonyl (C=S) groups is 1. The first kappa shape index (κ1) is 15.2. The molecule has 0 aliphatic carbocycles. The van der Waals surface area contributed by atoms with Gasteiger partial charge in [0.1, 0.15) is 4.99 Å². The van der Waals surface area contributed by atoms with Gasteiger partial charge in [-0.3, -0.25) is 4.79 Å². The highest BCUT2D eigenvalue weighted by Crippen LogP contribution is 2.21. The lowest BCUT2D eigenvalue weighted by molar-refractivity contribution is -0.117. The van der Waals surface area contributed by atoms with E-state index in [1.165, 1.54) is 0 Å². The molecular formula is C17H18N2OS. The zero-order chi connectivity index (χ0) is 15.2. The normalized spacial score (nSPS) is 11.7. The average Bonchev–Trinajstić information content (AvgIpc) is 2.49. The number of carbonyl (C=O) groups is 1. The van der Waals surface area contributed by atoms with Crippen LogP contribution in [-0.4, -0.2) is 10.9 Å². The Hall–Kier alpha value is -2.20. The predicted octanol–water partition coefficient (Wildman–Crippen LogP) is 3.45. The summed E-state index contributed by atoms with van der Waals surface area (Å²) in [6, 6.07) is 17.0. The third-order valence-corrected chi connectivity index (χ3v) is 3.58. The summed E-state index contributed by atoms with van der Waals surface area (Å²) in [5, 5.41) is 2.93. The summed E-state index contributed by atoms with van der Waals surface area (Å²) in [4.78, 5) is 12.8. The summed E-state index contributed by atoms with van der Waals surface area (Å²) in [5.41, 5.74) is 8.08. The van der Waals surface area contributed by atoms with Gasteiger partial charge in [0.15, 0.2) is 0 Å². The second-order valence-electron chi connectivity index (χ2n) is 4.81. The van der Waals surface area contributed by atoms with Crippen molar-refractivity contribution in [3.05, 3.63) is 65.7 Å². The maximum Gasteiger partial charge on any atom is 0.231 e. The lowest BCUT2D eigenvalue weighted by Gasteiger charge is -2.15. The number of carbonyl (C=O) groups excluding carboxylic acids is 1. The molecule has 0 aliphatic heterocycles. The number of nitrogens with two attached hydrogens (primary N) is 1. The van der Waals surface area contributed by atoms with Crippen LogP contribution in [0.25, 0.3) is 0 Å². The summed E-state index contributed by atoms with van der Waals surface area (Å²) in [5.74, 6) is -0.191. The van der Waals surface area contributed by atoms with E-state index in [4.69, 9.17) is 18.0 Å². The number of hydrogen-bond acceptors (Lipinski definition) is 2. The molecule has 1 amide bonds. The van der Waals surface area contributed by atoms with Crippen molar-refractivity contribution in [1.29, 1.82) is 0 Å². The van der Waals surface area contributed by atoms with Gasteiger partial charge in [0.05, 0.1) is 5.92 Å². The molecule has 0 bridgehead atoms. The molecule has 2 aromatic carbocycles. The highest BCUT2D eigenvalue weighted by Gasteiger charge is 2.18. The van der Waals surface area contributed by atoms with Crippen LogP contribution in [0.3, 0.4) is 0 Å². The van der Waals surface area contributed by atoms with Gasteiger partial charge >= 0.3 is 0 Å². The Morgan fingerprint density at radius 2 is 1.90 bits per heavy atom. The third-order valence-electron chi connectivity index (χ3n) is 3.34. The summed E-state index contributed by atoms with van der Waals surface area (Å²) >= 11 is 4.95. The van der Waals surface area contributed by atoms with Crippen LogP contribution in [0, 0.1) is 0 Å². The topological polar surface area (TPSA) is 55.1 Å². The summed E-state index contributed by atoms with van der Waals surface area (Å²) in [6.45, 7) is 2.00. The summed E-state index contributed by atoms with van der Waals surface area (Å²) < 4.78 is 0. The third kappa shape index (κ3) is 3.89. The fraction of sp³-hybridized carbons (Fsp3) is 0.176. The van der Waals surface area contributed by atoms with Gasteiger partial charge in [-0.25, -0.2) is 0 Å². The van der Waals surface area contributed by atoms with Crippen molar-refractivity contribution in [3.8, 4) is 0 Å². The van der Waals surface area contributed by atoms with E-state index in [2.05, 4.69) is 5.32 Å². The number of anilines is 1. The molecule has 0 spiro atoms. The zero-order valence-corrected chi connectivity index (χ0v) is 12.7. The number of amides is 1. The minimum Gasteiger partial charge on any atom is -0.389 e. The maximum atomic E-state index is 12.5. The number of nitrogens with one attached hydrogen (secondary N) is 1. The van der Waals surface area contributed by atoms with E-state index in [1.807, 2.05) is 55.5 Å². The summed E-state index contributed by atoms with van der Waals surface area (Å²) in [6.07, 6.45) is 0.741. The van der Waals surface area contributed by atoms with Crippen molar-refractivity contribution in [2.45, 2.75) is 19.3 Å². The number of rotatable bonds is 5. The molecule has 3 N–H and O–H groups in total. The predicted molar refractivity (Wildman–Crippen MR) is 90.4 cm³/mol. The molecule has 0 saturated carbocycles. The van der Waals surface area contributed by atoms with Crippen molar-refractivity contribution < 1.29 is 4.79 Å². The van der Waals surface area contributed by atoms with Crippen molar-refractivity contribution in [3.63, 3.8) is 0 Å². The van der Waals surface area contributed by atoms with E-state index >= 15 is 0 Å². The van der Waals surface area contributed by atoms with Crippen molar-refractivity contribution >= 4 is 28.8 Å². The van der Waals surface area contributed by atoms with Gasteiger partial charge in [0, 0.05) is 11.3 Å². The van der Waals surface area contributed by atoms with Gasteiger partial charge in [-0.1, -0.05) is 61.6 Å². The van der Waals surface area contributed by atoms with Crippen molar-refractivity contribution in [2.24, 2.45) is 5.73 Å². The minimum absolute atomic E-state index is 0.0243. The maximum absolute atomic E-state index is 12.5. The van der Waals surface area contributed by atoms with E-state index < -0.39 is 0 Å². The highest BCUT2D eigenvalue weighted by molar-refractivity contribution is 7.80. The molecule has 0 aromatic heterocycles. The fourth-order valence-corrected chi connectivity index (χ4v) is 2.36. The van der Waals surface area contributed by atoms with Crippen LogP contribution in [0.15, 0.2) is 54.6 Å². The molecule has 1 atom stereocenters. The zero-order valence-electron chi connectivity index (χ0n) is 11.9. The highest BCUT2D eigenvalue weighted by atomic mass is 32.1. The van der Waals surface area contributed by atoms with Gasteiger partial charge in [0.2, 0.25) is 5.91 Å². The van der Waals surface area contributed by atoms with Crippen LogP contribution in [0.2, 0.25) is 0 Å². The van der Waals surface area contributed by atoms with Gasteiger partial charge in [-0.05, 0) is 24.1 Å². The first-order valence-corrected chi connectivity index (χ1v) is 7.28. The Bertz CT molecular complexity index is 640. The molecule has 4 heteroatoms. The monoisotopic (exact) mass is 298 g/mol. The Kier molecular flexibility index (Phi) is 5.06. The second kappa shape index (κ2) is 6.99. The Morgan fingerprint density at radius 1 is 1.19 bits per heavy atom.